The zero-order chi connectivity index (χ0) is 13.5. The Morgan fingerprint density at radius 2 is 2.21 bits per heavy atom. The topological polar surface area (TPSA) is 76.3 Å². The summed E-state index contributed by atoms with van der Waals surface area (Å²) in [6, 6.07) is 0. The molecule has 1 saturated heterocycles. The number of hydrogen-bond acceptors (Lipinski definition) is 6. The number of amidine groups is 1. The molecule has 3 rings (SSSR count). The second-order valence-corrected chi connectivity index (χ2v) is 6.04. The summed E-state index contributed by atoms with van der Waals surface area (Å²) in [6.45, 7) is 2.03. The highest BCUT2D eigenvalue weighted by atomic mass is 32.2. The van der Waals surface area contributed by atoms with E-state index < -0.39 is 11.9 Å². The van der Waals surface area contributed by atoms with Gasteiger partial charge in [0, 0.05) is 24.8 Å². The predicted octanol–water partition coefficient (Wildman–Crippen LogP) is 0.297. The molecule has 2 atom stereocenters. The first-order chi connectivity index (χ1) is 9.08. The van der Waals surface area contributed by atoms with E-state index in [0.717, 1.165) is 43.1 Å². The zero-order valence-corrected chi connectivity index (χ0v) is 11.4. The van der Waals surface area contributed by atoms with Crippen molar-refractivity contribution in [3.8, 4) is 0 Å². The molecule has 0 saturated carbocycles. The molecular formula is C13H18N2O3S. The third-order valence-electron chi connectivity index (χ3n) is 3.85. The first-order valence-corrected chi connectivity index (χ1v) is 7.51. The summed E-state index contributed by atoms with van der Waals surface area (Å²) >= 11 is 1.57. The Morgan fingerprint density at radius 3 is 3.00 bits per heavy atom. The molecule has 104 valence electrons. The van der Waals surface area contributed by atoms with Crippen LogP contribution in [0.25, 0.3) is 0 Å². The maximum absolute atomic E-state index is 9.76. The molecule has 19 heavy (non-hydrogen) atoms. The molecule has 1 fully saturated rings. The molecule has 3 aliphatic rings. The molecule has 3 N–H and O–H groups in total. The second-order valence-electron chi connectivity index (χ2n) is 5.20. The lowest BCUT2D eigenvalue weighted by Gasteiger charge is -2.39. The van der Waals surface area contributed by atoms with Gasteiger partial charge in [-0.3, -0.25) is 0 Å². The second kappa shape index (κ2) is 4.94. The number of aliphatic hydroxyl groups excluding tert-OH is 1. The molecule has 0 aromatic rings. The van der Waals surface area contributed by atoms with E-state index in [1.165, 1.54) is 12.2 Å². The fraction of sp³-hybridized carbons (Fsp3) is 0.615. The standard InChI is InChI=1S/C13H18N2O3S/c16-11-4-3-9(8-13(11,17)18)10-2-1-5-15-6-7-19-14-12(10)15/h3-4,8,10-11,16-18H,1-2,5-7H2. The van der Waals surface area contributed by atoms with Gasteiger partial charge in [0.25, 0.3) is 0 Å². The lowest BCUT2D eigenvalue weighted by atomic mass is 9.84. The lowest BCUT2D eigenvalue weighted by Crippen LogP contribution is -2.46. The molecule has 0 spiro atoms. The molecule has 1 aliphatic carbocycles. The highest BCUT2D eigenvalue weighted by Crippen LogP contribution is 2.33. The molecule has 2 unspecified atom stereocenters. The highest BCUT2D eigenvalue weighted by Gasteiger charge is 2.37. The molecular weight excluding hydrogens is 264 g/mol. The van der Waals surface area contributed by atoms with E-state index in [1.54, 1.807) is 18.0 Å². The van der Waals surface area contributed by atoms with Gasteiger partial charge in [-0.15, -0.1) is 0 Å². The summed E-state index contributed by atoms with van der Waals surface area (Å²) < 4.78 is 4.53. The largest absolute Gasteiger partial charge is 0.383 e. The molecule has 5 nitrogen and oxygen atoms in total. The normalized spacial score (nSPS) is 33.5. The Balaban J connectivity index is 1.89. The van der Waals surface area contributed by atoms with Crippen molar-refractivity contribution in [3.63, 3.8) is 0 Å². The maximum Gasteiger partial charge on any atom is 0.214 e. The number of rotatable bonds is 1. The fourth-order valence-electron chi connectivity index (χ4n) is 2.82. The molecule has 6 heteroatoms. The van der Waals surface area contributed by atoms with Crippen molar-refractivity contribution in [2.24, 2.45) is 10.3 Å². The van der Waals surface area contributed by atoms with E-state index >= 15 is 0 Å². The van der Waals surface area contributed by atoms with Crippen LogP contribution in [-0.4, -0.2) is 56.8 Å². The van der Waals surface area contributed by atoms with E-state index in [2.05, 4.69) is 9.30 Å². The summed E-state index contributed by atoms with van der Waals surface area (Å²) in [5.41, 5.74) is 0.834. The van der Waals surface area contributed by atoms with Crippen LogP contribution in [0.4, 0.5) is 0 Å². The quantitative estimate of drug-likeness (QED) is 0.476. The third-order valence-corrected chi connectivity index (χ3v) is 4.54. The summed E-state index contributed by atoms with van der Waals surface area (Å²) in [4.78, 5) is 2.28. The first kappa shape index (κ1) is 13.2. The highest BCUT2D eigenvalue weighted by molar-refractivity contribution is 7.98. The number of fused-ring (bicyclic) bond motifs is 1. The van der Waals surface area contributed by atoms with Crippen molar-refractivity contribution < 1.29 is 15.3 Å². The summed E-state index contributed by atoms with van der Waals surface area (Å²) in [5.74, 6) is -0.0303. The number of hydrogen-bond donors (Lipinski definition) is 3. The minimum Gasteiger partial charge on any atom is -0.383 e. The smallest absolute Gasteiger partial charge is 0.214 e. The molecule has 2 aliphatic heterocycles. The molecule has 0 aromatic carbocycles. The Morgan fingerprint density at radius 1 is 1.37 bits per heavy atom. The number of piperidine rings is 1. The van der Waals surface area contributed by atoms with Gasteiger partial charge in [-0.25, -0.2) is 4.40 Å². The first-order valence-electron chi connectivity index (χ1n) is 6.56. The third kappa shape index (κ3) is 2.45. The van der Waals surface area contributed by atoms with Crippen molar-refractivity contribution in [3.05, 3.63) is 23.8 Å². The summed E-state index contributed by atoms with van der Waals surface area (Å²) in [5, 5.41) is 29.0. The lowest BCUT2D eigenvalue weighted by molar-refractivity contribution is -0.174. The molecule has 2 heterocycles. The molecule has 0 amide bonds. The van der Waals surface area contributed by atoms with Gasteiger partial charge in [-0.05, 0) is 36.4 Å². The Kier molecular flexibility index (Phi) is 3.42. The monoisotopic (exact) mass is 282 g/mol. The van der Waals surface area contributed by atoms with Crippen molar-refractivity contribution in [2.45, 2.75) is 24.7 Å². The van der Waals surface area contributed by atoms with Crippen LogP contribution in [-0.2, 0) is 0 Å². The number of aliphatic hydroxyl groups is 3. The van der Waals surface area contributed by atoms with Crippen LogP contribution in [0.5, 0.6) is 0 Å². The van der Waals surface area contributed by atoms with Gasteiger partial charge in [0.15, 0.2) is 0 Å². The van der Waals surface area contributed by atoms with E-state index in [-0.39, 0.29) is 5.92 Å². The van der Waals surface area contributed by atoms with E-state index in [1.807, 2.05) is 0 Å². The average Bonchev–Trinajstić information content (AvgIpc) is 2.41. The van der Waals surface area contributed by atoms with Crippen LogP contribution in [0.15, 0.2) is 28.2 Å². The van der Waals surface area contributed by atoms with Gasteiger partial charge in [0.05, 0.1) is 0 Å². The Hall–Kier alpha value is -0.820. The van der Waals surface area contributed by atoms with Gasteiger partial charge >= 0.3 is 0 Å². The molecule has 0 radical (unpaired) electrons. The molecule has 0 bridgehead atoms. The predicted molar refractivity (Wildman–Crippen MR) is 74.6 cm³/mol. The Bertz CT molecular complexity index is 459. The van der Waals surface area contributed by atoms with Gasteiger partial charge in [0.1, 0.15) is 11.9 Å². The van der Waals surface area contributed by atoms with E-state index in [4.69, 9.17) is 0 Å². The average molecular weight is 282 g/mol. The summed E-state index contributed by atoms with van der Waals surface area (Å²) in [7, 11) is 0. The van der Waals surface area contributed by atoms with Crippen LogP contribution in [0.1, 0.15) is 12.8 Å². The van der Waals surface area contributed by atoms with Gasteiger partial charge < -0.3 is 20.2 Å². The van der Waals surface area contributed by atoms with Crippen LogP contribution in [0.3, 0.4) is 0 Å². The SMILES string of the molecule is OC1C=CC(C2CCCN3CCSN=C23)=CC1(O)O. The number of nitrogens with zero attached hydrogens (tertiary/aromatic N) is 2. The number of allylic oxidation sites excluding steroid dienone is 1. The van der Waals surface area contributed by atoms with Crippen LogP contribution < -0.4 is 0 Å². The minimum absolute atomic E-state index is 0.101. The molecule has 0 aromatic heterocycles. The van der Waals surface area contributed by atoms with E-state index in [9.17, 15) is 15.3 Å². The van der Waals surface area contributed by atoms with Gasteiger partial charge in [-0.2, -0.15) is 0 Å². The zero-order valence-electron chi connectivity index (χ0n) is 10.6. The minimum atomic E-state index is -2.17. The van der Waals surface area contributed by atoms with Crippen LogP contribution in [0.2, 0.25) is 0 Å². The maximum atomic E-state index is 9.76. The van der Waals surface area contributed by atoms with Gasteiger partial charge in [0.2, 0.25) is 5.79 Å². The van der Waals surface area contributed by atoms with Crippen molar-refractivity contribution in [1.82, 2.24) is 4.90 Å². The van der Waals surface area contributed by atoms with Gasteiger partial charge in [-0.1, -0.05) is 12.2 Å². The fourth-order valence-corrected chi connectivity index (χ4v) is 3.58. The van der Waals surface area contributed by atoms with E-state index in [0.29, 0.717) is 0 Å². The van der Waals surface area contributed by atoms with Crippen LogP contribution >= 0.6 is 11.9 Å². The summed E-state index contributed by atoms with van der Waals surface area (Å²) in [6.07, 6.45) is 5.34. The van der Waals surface area contributed by atoms with Crippen molar-refractivity contribution in [1.29, 1.82) is 0 Å². The van der Waals surface area contributed by atoms with Crippen molar-refractivity contribution in [2.75, 3.05) is 18.8 Å². The Labute approximate surface area is 116 Å². The van der Waals surface area contributed by atoms with Crippen LogP contribution in [0, 0.1) is 5.92 Å². The van der Waals surface area contributed by atoms with Crippen molar-refractivity contribution >= 4 is 17.8 Å².